The number of hydrogen-bond acceptors (Lipinski definition) is 4. The molecule has 2 N–H and O–H groups in total. The smallest absolute Gasteiger partial charge is 0.411 e. The number of carbonyl (C=O) groups excluding carboxylic acids is 2. The molecule has 176 valence electrons. The lowest BCUT2D eigenvalue weighted by atomic mass is 9.90. The van der Waals surface area contributed by atoms with Crippen LogP contribution in [-0.2, 0) is 4.79 Å². The minimum atomic E-state index is -4.39. The van der Waals surface area contributed by atoms with Crippen LogP contribution < -0.4 is 15.4 Å². The van der Waals surface area contributed by atoms with Gasteiger partial charge in [-0.05, 0) is 75.1 Å². The van der Waals surface area contributed by atoms with Crippen molar-refractivity contribution in [1.82, 2.24) is 15.5 Å². The van der Waals surface area contributed by atoms with Crippen molar-refractivity contribution in [2.75, 3.05) is 20.2 Å². The first-order valence-corrected chi connectivity index (χ1v) is 11.2. The van der Waals surface area contributed by atoms with E-state index in [9.17, 15) is 22.8 Å². The van der Waals surface area contributed by atoms with E-state index >= 15 is 0 Å². The molecule has 2 aliphatic heterocycles. The second kappa shape index (κ2) is 8.57. The number of fused-ring (bicyclic) bond motifs is 2. The van der Waals surface area contributed by atoms with Crippen LogP contribution in [-0.4, -0.2) is 60.7 Å². The largest absolute Gasteiger partial charge is 0.497 e. The van der Waals surface area contributed by atoms with Crippen molar-refractivity contribution in [3.8, 4) is 5.75 Å². The number of aryl methyl sites for hydroxylation is 1. The van der Waals surface area contributed by atoms with Crippen LogP contribution in [0.1, 0.15) is 54.4 Å². The minimum Gasteiger partial charge on any atom is -0.497 e. The Bertz CT molecular complexity index is 871. The van der Waals surface area contributed by atoms with Gasteiger partial charge in [0, 0.05) is 24.2 Å². The molecule has 2 bridgehead atoms. The second-order valence-electron chi connectivity index (χ2n) is 9.47. The van der Waals surface area contributed by atoms with E-state index in [1.165, 1.54) is 0 Å². The summed E-state index contributed by atoms with van der Waals surface area (Å²) in [5.74, 6) is 0.227. The maximum absolute atomic E-state index is 13.1. The summed E-state index contributed by atoms with van der Waals surface area (Å²) in [5.41, 5.74) is -0.514. The third-order valence-electron chi connectivity index (χ3n) is 7.08. The maximum atomic E-state index is 13.1. The first kappa shape index (κ1) is 22.9. The molecule has 0 aromatic heterocycles. The molecule has 3 fully saturated rings. The van der Waals surface area contributed by atoms with Crippen LogP contribution in [0.15, 0.2) is 18.2 Å². The number of hydrogen-bond donors (Lipinski definition) is 2. The number of amides is 2. The van der Waals surface area contributed by atoms with Crippen LogP contribution in [0.2, 0.25) is 0 Å². The van der Waals surface area contributed by atoms with E-state index in [-0.39, 0.29) is 43.3 Å². The molecular weight excluding hydrogens is 423 g/mol. The van der Waals surface area contributed by atoms with Gasteiger partial charge in [-0.2, -0.15) is 13.2 Å². The molecule has 1 aliphatic carbocycles. The number of ether oxygens (including phenoxy) is 1. The number of alkyl halides is 3. The van der Waals surface area contributed by atoms with Gasteiger partial charge in [0.1, 0.15) is 11.3 Å². The third kappa shape index (κ3) is 4.72. The lowest BCUT2D eigenvalue weighted by Gasteiger charge is -2.39. The summed E-state index contributed by atoms with van der Waals surface area (Å²) in [4.78, 5) is 27.0. The highest BCUT2D eigenvalue weighted by molar-refractivity contribution is 5.94. The SMILES string of the molecule is COc1cc(C)cc(C(=O)NC[C@H]2CC3CC[C@H](C2)N3CC(=O)NC2(C(F)(F)F)CC2)c1. The molecule has 2 amide bonds. The number of rotatable bonds is 7. The fourth-order valence-electron chi connectivity index (χ4n) is 5.22. The van der Waals surface area contributed by atoms with Crippen molar-refractivity contribution in [3.05, 3.63) is 29.3 Å². The molecule has 0 radical (unpaired) electrons. The monoisotopic (exact) mass is 453 g/mol. The molecule has 3 atom stereocenters. The second-order valence-corrected chi connectivity index (χ2v) is 9.47. The van der Waals surface area contributed by atoms with Gasteiger partial charge >= 0.3 is 6.18 Å². The zero-order valence-electron chi connectivity index (χ0n) is 18.4. The highest BCUT2D eigenvalue weighted by Crippen LogP contribution is 2.49. The Balaban J connectivity index is 1.28. The fourth-order valence-corrected chi connectivity index (χ4v) is 5.22. The molecule has 6 nitrogen and oxygen atoms in total. The van der Waals surface area contributed by atoms with Crippen LogP contribution in [0.4, 0.5) is 13.2 Å². The molecule has 1 saturated carbocycles. The quantitative estimate of drug-likeness (QED) is 0.665. The summed E-state index contributed by atoms with van der Waals surface area (Å²) in [6, 6.07) is 5.72. The topological polar surface area (TPSA) is 70.7 Å². The lowest BCUT2D eigenvalue weighted by molar-refractivity contribution is -0.170. The maximum Gasteiger partial charge on any atom is 0.411 e. The van der Waals surface area contributed by atoms with Crippen LogP contribution in [0.5, 0.6) is 5.75 Å². The Morgan fingerprint density at radius 3 is 2.38 bits per heavy atom. The fraction of sp³-hybridized carbons (Fsp3) is 0.652. The van der Waals surface area contributed by atoms with Gasteiger partial charge in [0.2, 0.25) is 5.91 Å². The summed E-state index contributed by atoms with van der Waals surface area (Å²) in [6.07, 6.45) is -0.956. The summed E-state index contributed by atoms with van der Waals surface area (Å²) in [7, 11) is 1.56. The van der Waals surface area contributed by atoms with Crippen LogP contribution in [0.25, 0.3) is 0 Å². The Kier molecular flexibility index (Phi) is 6.13. The number of piperidine rings is 1. The number of carbonyl (C=O) groups is 2. The summed E-state index contributed by atoms with van der Waals surface area (Å²) < 4.78 is 44.6. The molecule has 2 heterocycles. The number of methoxy groups -OCH3 is 1. The molecule has 1 unspecified atom stereocenters. The number of benzene rings is 1. The van der Waals surface area contributed by atoms with E-state index in [1.807, 2.05) is 19.1 Å². The van der Waals surface area contributed by atoms with Crippen LogP contribution >= 0.6 is 0 Å². The Morgan fingerprint density at radius 1 is 1.16 bits per heavy atom. The standard InChI is InChI=1S/C23H30F3N3O3/c1-14-7-16(11-19(8-14)32-2)21(31)27-12-15-9-17-3-4-18(10-15)29(17)13-20(30)28-22(5-6-22)23(24,25)26/h7-8,11,15,17-18H,3-6,9-10,12-13H2,1-2H3,(H,27,31)(H,28,30)/t15-,17-,18?/m1/s1. The Hall–Kier alpha value is -2.29. The van der Waals surface area contributed by atoms with E-state index in [0.29, 0.717) is 17.9 Å². The summed E-state index contributed by atoms with van der Waals surface area (Å²) in [5, 5.41) is 5.24. The van der Waals surface area contributed by atoms with Crippen molar-refractivity contribution in [3.63, 3.8) is 0 Å². The number of nitrogens with one attached hydrogen (secondary N) is 2. The lowest BCUT2D eigenvalue weighted by Crippen LogP contribution is -2.54. The van der Waals surface area contributed by atoms with Gasteiger partial charge < -0.3 is 15.4 Å². The van der Waals surface area contributed by atoms with E-state index in [4.69, 9.17) is 4.74 Å². The van der Waals surface area contributed by atoms with Gasteiger partial charge in [0.05, 0.1) is 13.7 Å². The average Bonchev–Trinajstić information content (AvgIpc) is 3.48. The van der Waals surface area contributed by atoms with Crippen LogP contribution in [0.3, 0.4) is 0 Å². The van der Waals surface area contributed by atoms with Crippen LogP contribution in [0, 0.1) is 12.8 Å². The third-order valence-corrected chi connectivity index (χ3v) is 7.08. The Morgan fingerprint density at radius 2 is 1.81 bits per heavy atom. The first-order chi connectivity index (χ1) is 15.1. The first-order valence-electron chi connectivity index (χ1n) is 11.2. The zero-order chi connectivity index (χ0) is 23.1. The van der Waals surface area contributed by atoms with Crippen molar-refractivity contribution in [1.29, 1.82) is 0 Å². The van der Waals surface area contributed by atoms with Gasteiger partial charge in [-0.3, -0.25) is 14.5 Å². The zero-order valence-corrected chi connectivity index (χ0v) is 18.4. The van der Waals surface area contributed by atoms with Gasteiger partial charge in [0.25, 0.3) is 5.91 Å². The van der Waals surface area contributed by atoms with Gasteiger partial charge in [-0.1, -0.05) is 0 Å². The predicted octanol–water partition coefficient (Wildman–Crippen LogP) is 3.19. The minimum absolute atomic E-state index is 0.00926. The molecule has 0 spiro atoms. The predicted molar refractivity (Wildman–Crippen MR) is 112 cm³/mol. The van der Waals surface area contributed by atoms with E-state index < -0.39 is 17.6 Å². The molecule has 3 aliphatic rings. The molecule has 32 heavy (non-hydrogen) atoms. The highest BCUT2D eigenvalue weighted by atomic mass is 19.4. The van der Waals surface area contributed by atoms with Crippen molar-refractivity contribution >= 4 is 11.8 Å². The average molecular weight is 454 g/mol. The molecule has 1 aromatic carbocycles. The van der Waals surface area contributed by atoms with Crippen molar-refractivity contribution in [2.24, 2.45) is 5.92 Å². The molecule has 1 aromatic rings. The number of nitrogens with zero attached hydrogens (tertiary/aromatic N) is 1. The van der Waals surface area contributed by atoms with Crippen molar-refractivity contribution < 1.29 is 27.5 Å². The van der Waals surface area contributed by atoms with E-state index in [1.54, 1.807) is 13.2 Å². The molecule has 9 heteroatoms. The summed E-state index contributed by atoms with van der Waals surface area (Å²) >= 11 is 0. The normalized spacial score (nSPS) is 26.5. The molecule has 2 saturated heterocycles. The van der Waals surface area contributed by atoms with Gasteiger partial charge in [-0.15, -0.1) is 0 Å². The van der Waals surface area contributed by atoms with E-state index in [2.05, 4.69) is 15.5 Å². The van der Waals surface area contributed by atoms with Crippen molar-refractivity contribution in [2.45, 2.75) is 69.2 Å². The van der Waals surface area contributed by atoms with Gasteiger partial charge in [0.15, 0.2) is 0 Å². The number of halogens is 3. The highest BCUT2D eigenvalue weighted by Gasteiger charge is 2.64. The van der Waals surface area contributed by atoms with Gasteiger partial charge in [-0.25, -0.2) is 0 Å². The van der Waals surface area contributed by atoms with E-state index in [0.717, 1.165) is 31.2 Å². The molecule has 4 rings (SSSR count). The Labute approximate surface area is 185 Å². The molecular formula is C23H30F3N3O3. The summed E-state index contributed by atoms with van der Waals surface area (Å²) in [6.45, 7) is 2.46.